The van der Waals surface area contributed by atoms with Crippen LogP contribution in [0.1, 0.15) is 45.6 Å². The molecule has 15 heavy (non-hydrogen) atoms. The predicted octanol–water partition coefficient (Wildman–Crippen LogP) is 4.83. The number of hydrogen-bond acceptors (Lipinski definition) is 0. The maximum absolute atomic E-state index is 3.46. The summed E-state index contributed by atoms with van der Waals surface area (Å²) in [7, 11) is 0. The fourth-order valence-corrected chi connectivity index (χ4v) is 1.57. The van der Waals surface area contributed by atoms with Gasteiger partial charge in [0.2, 0.25) is 0 Å². The molecule has 1 aromatic rings. The van der Waals surface area contributed by atoms with Crippen molar-refractivity contribution in [3.8, 4) is 0 Å². The number of rotatable bonds is 4. The average Bonchev–Trinajstić information content (AvgIpc) is 2.25. The van der Waals surface area contributed by atoms with Crippen LogP contribution in [0.25, 0.3) is 5.57 Å². The maximum Gasteiger partial charge on any atom is 0.00113 e. The Hall–Kier alpha value is -1.26. The molecule has 0 radical (unpaired) electrons. The highest BCUT2D eigenvalue weighted by atomic mass is 14.0. The van der Waals surface area contributed by atoms with Gasteiger partial charge in [0.1, 0.15) is 0 Å². The lowest BCUT2D eigenvalue weighted by Gasteiger charge is -2.04. The van der Waals surface area contributed by atoms with Crippen molar-refractivity contribution < 1.29 is 0 Å². The summed E-state index contributed by atoms with van der Waals surface area (Å²) >= 11 is 0. The summed E-state index contributed by atoms with van der Waals surface area (Å²) in [5.74, 6) is 0. The van der Waals surface area contributed by atoms with E-state index in [1.807, 2.05) is 0 Å². The number of unbranched alkanes of at least 4 members (excludes halogenated alkanes) is 1. The van der Waals surface area contributed by atoms with Gasteiger partial charge in [0.15, 0.2) is 0 Å². The summed E-state index contributed by atoms with van der Waals surface area (Å²) in [5, 5.41) is 0. The third-order valence-corrected chi connectivity index (χ3v) is 2.30. The zero-order valence-electron chi connectivity index (χ0n) is 10.0. The molecule has 0 heterocycles. The lowest BCUT2D eigenvalue weighted by Crippen LogP contribution is -1.83. The molecule has 0 fully saturated rings. The lowest BCUT2D eigenvalue weighted by atomic mass is 10.0. The van der Waals surface area contributed by atoms with Crippen molar-refractivity contribution in [3.05, 3.63) is 47.2 Å². The van der Waals surface area contributed by atoms with Crippen molar-refractivity contribution in [1.82, 2.24) is 0 Å². The molecule has 80 valence electrons. The van der Waals surface area contributed by atoms with Crippen molar-refractivity contribution in [2.75, 3.05) is 0 Å². The first-order valence-corrected chi connectivity index (χ1v) is 5.72. The minimum absolute atomic E-state index is 1.13. The highest BCUT2D eigenvalue weighted by molar-refractivity contribution is 5.65. The van der Waals surface area contributed by atoms with Crippen LogP contribution in [0.2, 0.25) is 0 Å². The summed E-state index contributed by atoms with van der Waals surface area (Å²) in [6.45, 7) is 6.44. The Balaban J connectivity index is 2.98. The Bertz CT molecular complexity index is 347. The van der Waals surface area contributed by atoms with Gasteiger partial charge in [-0.3, -0.25) is 0 Å². The third-order valence-electron chi connectivity index (χ3n) is 2.30. The van der Waals surface area contributed by atoms with Gasteiger partial charge in [0, 0.05) is 5.57 Å². The Morgan fingerprint density at radius 2 is 1.80 bits per heavy atom. The van der Waals surface area contributed by atoms with E-state index >= 15 is 0 Å². The van der Waals surface area contributed by atoms with E-state index in [4.69, 9.17) is 0 Å². The van der Waals surface area contributed by atoms with Crippen molar-refractivity contribution in [2.45, 2.75) is 40.0 Å². The molecule has 0 bridgehead atoms. The fraction of sp³-hybridized carbons (Fsp3) is 0.400. The highest BCUT2D eigenvalue weighted by Gasteiger charge is 1.99. The molecule has 0 aliphatic carbocycles. The van der Waals surface area contributed by atoms with Crippen LogP contribution in [0.3, 0.4) is 0 Å². The molecular weight excluding hydrogens is 180 g/mol. The highest BCUT2D eigenvalue weighted by Crippen LogP contribution is 2.19. The topological polar surface area (TPSA) is 0 Å². The number of allylic oxidation sites excluding steroid dienone is 1. The maximum atomic E-state index is 3.46. The van der Waals surface area contributed by atoms with E-state index in [9.17, 15) is 0 Å². The summed E-state index contributed by atoms with van der Waals surface area (Å²) in [6, 6.07) is 10.6. The van der Waals surface area contributed by atoms with Gasteiger partial charge >= 0.3 is 0 Å². The molecule has 0 spiro atoms. The zero-order valence-corrected chi connectivity index (χ0v) is 10.0. The Morgan fingerprint density at radius 3 is 2.33 bits per heavy atom. The SMILES string of the molecule is CCCCC(=C=C(C)C)c1ccccc1. The quantitative estimate of drug-likeness (QED) is 0.611. The van der Waals surface area contributed by atoms with E-state index in [2.05, 4.69) is 56.8 Å². The van der Waals surface area contributed by atoms with E-state index in [1.165, 1.54) is 29.6 Å². The predicted molar refractivity (Wildman–Crippen MR) is 67.7 cm³/mol. The van der Waals surface area contributed by atoms with Gasteiger partial charge in [-0.25, -0.2) is 0 Å². The molecule has 0 aliphatic rings. The van der Waals surface area contributed by atoms with Gasteiger partial charge in [-0.2, -0.15) is 0 Å². The van der Waals surface area contributed by atoms with Crippen molar-refractivity contribution in [2.24, 2.45) is 0 Å². The van der Waals surface area contributed by atoms with Crippen LogP contribution in [0, 0.1) is 0 Å². The van der Waals surface area contributed by atoms with Gasteiger partial charge in [-0.15, -0.1) is 5.73 Å². The van der Waals surface area contributed by atoms with E-state index in [1.54, 1.807) is 0 Å². The second-order valence-electron chi connectivity index (χ2n) is 4.07. The van der Waals surface area contributed by atoms with Gasteiger partial charge in [-0.1, -0.05) is 43.7 Å². The number of benzene rings is 1. The molecule has 1 aromatic carbocycles. The second kappa shape index (κ2) is 6.27. The van der Waals surface area contributed by atoms with E-state index < -0.39 is 0 Å². The van der Waals surface area contributed by atoms with Crippen molar-refractivity contribution in [1.29, 1.82) is 0 Å². The Labute approximate surface area is 93.3 Å². The van der Waals surface area contributed by atoms with Crippen molar-refractivity contribution in [3.63, 3.8) is 0 Å². The molecule has 1 rings (SSSR count). The second-order valence-corrected chi connectivity index (χ2v) is 4.07. The minimum atomic E-state index is 1.13. The molecule has 0 unspecified atom stereocenters. The first kappa shape index (κ1) is 11.8. The van der Waals surface area contributed by atoms with Crippen LogP contribution >= 0.6 is 0 Å². The van der Waals surface area contributed by atoms with Gasteiger partial charge in [0.25, 0.3) is 0 Å². The van der Waals surface area contributed by atoms with Crippen LogP contribution in [-0.4, -0.2) is 0 Å². The van der Waals surface area contributed by atoms with Crippen LogP contribution in [0.4, 0.5) is 0 Å². The van der Waals surface area contributed by atoms with Gasteiger partial charge in [-0.05, 0) is 37.8 Å². The molecule has 0 amide bonds. The summed E-state index contributed by atoms with van der Waals surface area (Å²) in [6.07, 6.45) is 3.61. The zero-order chi connectivity index (χ0) is 11.1. The van der Waals surface area contributed by atoms with Crippen LogP contribution < -0.4 is 0 Å². The molecule has 0 saturated carbocycles. The molecule has 0 atom stereocenters. The molecule has 0 aromatic heterocycles. The average molecular weight is 200 g/mol. The molecular formula is C15H20. The fourth-order valence-electron chi connectivity index (χ4n) is 1.57. The first-order chi connectivity index (χ1) is 7.24. The molecule has 0 N–H and O–H groups in total. The Morgan fingerprint density at radius 1 is 1.13 bits per heavy atom. The molecule has 0 aliphatic heterocycles. The van der Waals surface area contributed by atoms with Gasteiger partial charge in [0.05, 0.1) is 0 Å². The van der Waals surface area contributed by atoms with Crippen LogP contribution in [-0.2, 0) is 0 Å². The first-order valence-electron chi connectivity index (χ1n) is 5.72. The summed E-state index contributed by atoms with van der Waals surface area (Å²) in [4.78, 5) is 0. The summed E-state index contributed by atoms with van der Waals surface area (Å²) < 4.78 is 0. The standard InChI is InChI=1S/C15H20/c1-4-5-9-15(12-13(2)3)14-10-7-6-8-11-14/h6-8,10-11H,4-5,9H2,1-3H3. The smallest absolute Gasteiger partial charge is 0.00113 e. The molecule has 0 heteroatoms. The van der Waals surface area contributed by atoms with Crippen LogP contribution in [0.15, 0.2) is 41.6 Å². The van der Waals surface area contributed by atoms with Crippen molar-refractivity contribution >= 4 is 5.57 Å². The minimum Gasteiger partial charge on any atom is -0.118 e. The monoisotopic (exact) mass is 200 g/mol. The van der Waals surface area contributed by atoms with E-state index in [-0.39, 0.29) is 0 Å². The summed E-state index contributed by atoms with van der Waals surface area (Å²) in [5.41, 5.74) is 7.38. The third kappa shape index (κ3) is 4.18. The Kier molecular flexibility index (Phi) is 4.93. The van der Waals surface area contributed by atoms with E-state index in [0.29, 0.717) is 0 Å². The normalized spacial score (nSPS) is 9.53. The molecule has 0 nitrogen and oxygen atoms in total. The van der Waals surface area contributed by atoms with Crippen LogP contribution in [0.5, 0.6) is 0 Å². The van der Waals surface area contributed by atoms with Gasteiger partial charge < -0.3 is 0 Å². The largest absolute Gasteiger partial charge is 0.118 e. The number of hydrogen-bond donors (Lipinski definition) is 0. The lowest BCUT2D eigenvalue weighted by molar-refractivity contribution is 0.824. The molecule has 0 saturated heterocycles. The van der Waals surface area contributed by atoms with E-state index in [0.717, 1.165) is 6.42 Å².